The molecule has 0 aliphatic carbocycles. The summed E-state index contributed by atoms with van der Waals surface area (Å²) in [5.41, 5.74) is 6.92. The zero-order valence-electron chi connectivity index (χ0n) is 21.4. The third-order valence-electron chi connectivity index (χ3n) is 6.73. The molecule has 4 amide bonds. The SMILES string of the molecule is C=S(NCCOCCOCCNc1cccc2c1C(=O)N(C1CCC(=O)NC1=O)C2=O)N1CCC(N)CC1. The van der Waals surface area contributed by atoms with E-state index in [1.54, 1.807) is 18.2 Å². The predicted octanol–water partition coefficient (Wildman–Crippen LogP) is 0.0765. The quantitative estimate of drug-likeness (QED) is 0.151. The molecule has 4 rings (SSSR count). The fourth-order valence-electron chi connectivity index (χ4n) is 4.66. The number of carbonyl (C=O) groups is 4. The summed E-state index contributed by atoms with van der Waals surface area (Å²) in [6.45, 7) is 4.89. The number of imide groups is 2. The van der Waals surface area contributed by atoms with E-state index in [0.717, 1.165) is 30.8 Å². The molecule has 0 radical (unpaired) electrons. The van der Waals surface area contributed by atoms with Crippen LogP contribution in [0.5, 0.6) is 0 Å². The Morgan fingerprint density at radius 1 is 1.00 bits per heavy atom. The van der Waals surface area contributed by atoms with Crippen LogP contribution in [0.3, 0.4) is 0 Å². The van der Waals surface area contributed by atoms with Crippen LogP contribution in [0.15, 0.2) is 18.2 Å². The van der Waals surface area contributed by atoms with Crippen LogP contribution in [0.2, 0.25) is 0 Å². The van der Waals surface area contributed by atoms with Gasteiger partial charge in [0.2, 0.25) is 11.8 Å². The molecule has 13 heteroatoms. The van der Waals surface area contributed by atoms with Crippen molar-refractivity contribution in [1.82, 2.24) is 19.2 Å². The molecule has 38 heavy (non-hydrogen) atoms. The minimum absolute atomic E-state index is 0.0807. The monoisotopic (exact) mass is 548 g/mol. The Morgan fingerprint density at radius 3 is 2.42 bits per heavy atom. The molecule has 3 heterocycles. The van der Waals surface area contributed by atoms with Gasteiger partial charge in [-0.2, -0.15) is 0 Å². The lowest BCUT2D eigenvalue weighted by molar-refractivity contribution is -0.136. The number of rotatable bonds is 13. The van der Waals surface area contributed by atoms with Crippen LogP contribution in [0.25, 0.3) is 0 Å². The van der Waals surface area contributed by atoms with Gasteiger partial charge in [-0.1, -0.05) is 16.9 Å². The molecule has 0 saturated carbocycles. The van der Waals surface area contributed by atoms with Gasteiger partial charge in [0.1, 0.15) is 6.04 Å². The molecule has 3 aliphatic rings. The number of benzene rings is 1. The average Bonchev–Trinajstić information content (AvgIpc) is 3.15. The number of hydrogen-bond donors (Lipinski definition) is 4. The molecular formula is C25H36N6O6S. The second-order valence-electron chi connectivity index (χ2n) is 9.35. The lowest BCUT2D eigenvalue weighted by Crippen LogP contribution is -2.54. The summed E-state index contributed by atoms with van der Waals surface area (Å²) in [6.07, 6.45) is 2.21. The van der Waals surface area contributed by atoms with Crippen molar-refractivity contribution >= 4 is 46.0 Å². The van der Waals surface area contributed by atoms with Crippen molar-refractivity contribution < 1.29 is 28.7 Å². The normalized spacial score (nSPS) is 21.5. The second kappa shape index (κ2) is 13.4. The van der Waals surface area contributed by atoms with Crippen molar-refractivity contribution in [3.63, 3.8) is 0 Å². The van der Waals surface area contributed by atoms with E-state index in [1.165, 1.54) is 0 Å². The number of anilines is 1. The standard InChI is InChI=1S/C25H36N6O6S/c1-38(30-11-7-17(26)8-12-30)28-10-14-37-16-15-36-13-9-27-19-4-2-3-18-22(19)25(35)31(24(18)34)20-5-6-21(32)29-23(20)33/h2-4,17,20,27-28H,1,5-16,26H2,(H,29,32,33). The molecule has 208 valence electrons. The first-order valence-corrected chi connectivity index (χ1v) is 14.2. The highest BCUT2D eigenvalue weighted by Crippen LogP contribution is 2.32. The molecule has 2 unspecified atom stereocenters. The molecule has 3 aliphatic heterocycles. The minimum Gasteiger partial charge on any atom is -0.382 e. The zero-order valence-corrected chi connectivity index (χ0v) is 22.2. The Morgan fingerprint density at radius 2 is 1.71 bits per heavy atom. The molecule has 0 bridgehead atoms. The van der Waals surface area contributed by atoms with E-state index in [4.69, 9.17) is 15.2 Å². The van der Waals surface area contributed by atoms with E-state index in [2.05, 4.69) is 25.5 Å². The average molecular weight is 549 g/mol. The number of amides is 4. The van der Waals surface area contributed by atoms with E-state index in [9.17, 15) is 19.2 Å². The van der Waals surface area contributed by atoms with Crippen molar-refractivity contribution in [2.75, 3.05) is 57.9 Å². The van der Waals surface area contributed by atoms with Gasteiger partial charge in [-0.25, -0.2) is 4.31 Å². The first-order chi connectivity index (χ1) is 18.4. The zero-order chi connectivity index (χ0) is 27.1. The molecule has 1 aromatic carbocycles. The summed E-state index contributed by atoms with van der Waals surface area (Å²) in [4.78, 5) is 50.7. The number of nitrogens with one attached hydrogen (secondary N) is 3. The van der Waals surface area contributed by atoms with Gasteiger partial charge in [0, 0.05) is 44.3 Å². The maximum atomic E-state index is 13.1. The number of fused-ring (bicyclic) bond motifs is 1. The van der Waals surface area contributed by atoms with E-state index in [1.807, 2.05) is 0 Å². The first kappa shape index (κ1) is 28.3. The number of hydrogen-bond acceptors (Lipinski definition) is 10. The molecule has 12 nitrogen and oxygen atoms in total. The number of carbonyl (C=O) groups excluding carboxylic acids is 4. The van der Waals surface area contributed by atoms with Gasteiger partial charge >= 0.3 is 0 Å². The Bertz CT molecular complexity index is 1080. The molecule has 2 fully saturated rings. The fraction of sp³-hybridized carbons (Fsp3) is 0.560. The smallest absolute Gasteiger partial charge is 0.264 e. The van der Waals surface area contributed by atoms with Gasteiger partial charge in [-0.05, 0) is 37.3 Å². The van der Waals surface area contributed by atoms with Gasteiger partial charge in [0.05, 0.1) is 37.6 Å². The van der Waals surface area contributed by atoms with Crippen LogP contribution in [-0.4, -0.2) is 103 Å². The minimum atomic E-state index is -0.991. The molecule has 1 aromatic rings. The lowest BCUT2D eigenvalue weighted by Gasteiger charge is -2.32. The summed E-state index contributed by atoms with van der Waals surface area (Å²) >= 11 is 0. The second-order valence-corrected chi connectivity index (χ2v) is 10.9. The third-order valence-corrected chi connectivity index (χ3v) is 8.25. The first-order valence-electron chi connectivity index (χ1n) is 12.9. The van der Waals surface area contributed by atoms with Crippen LogP contribution in [0.4, 0.5) is 5.69 Å². The largest absolute Gasteiger partial charge is 0.382 e. The van der Waals surface area contributed by atoms with Crippen LogP contribution in [0, 0.1) is 0 Å². The van der Waals surface area contributed by atoms with Crippen LogP contribution < -0.4 is 21.1 Å². The summed E-state index contributed by atoms with van der Waals surface area (Å²) in [6, 6.07) is 4.27. The topological polar surface area (TPSA) is 155 Å². The van der Waals surface area contributed by atoms with Crippen molar-refractivity contribution in [2.24, 2.45) is 5.73 Å². The van der Waals surface area contributed by atoms with Gasteiger partial charge in [-0.15, -0.1) is 0 Å². The molecule has 2 saturated heterocycles. The van der Waals surface area contributed by atoms with Crippen molar-refractivity contribution in [3.8, 4) is 0 Å². The van der Waals surface area contributed by atoms with Crippen molar-refractivity contribution in [3.05, 3.63) is 29.3 Å². The third kappa shape index (κ3) is 6.84. The number of nitrogens with two attached hydrogens (primary N) is 1. The van der Waals surface area contributed by atoms with Gasteiger partial charge in [0.25, 0.3) is 11.8 Å². The van der Waals surface area contributed by atoms with E-state index >= 15 is 0 Å². The Balaban J connectivity index is 1.13. The summed E-state index contributed by atoms with van der Waals surface area (Å²) < 4.78 is 16.9. The molecule has 5 N–H and O–H groups in total. The molecule has 0 aromatic heterocycles. The maximum Gasteiger partial charge on any atom is 0.264 e. The fourth-order valence-corrected chi connectivity index (χ4v) is 5.81. The maximum absolute atomic E-state index is 13.1. The van der Waals surface area contributed by atoms with Crippen LogP contribution in [-0.2, 0) is 19.1 Å². The number of nitrogens with zero attached hydrogens (tertiary/aromatic N) is 2. The summed E-state index contributed by atoms with van der Waals surface area (Å²) in [5, 5.41) is 5.35. The molecule has 0 spiro atoms. The Hall–Kier alpha value is -2.68. The van der Waals surface area contributed by atoms with Gasteiger partial charge in [0.15, 0.2) is 0 Å². The predicted molar refractivity (Wildman–Crippen MR) is 145 cm³/mol. The lowest BCUT2D eigenvalue weighted by atomic mass is 10.0. The summed E-state index contributed by atoms with van der Waals surface area (Å²) in [7, 11) is -0.236. The highest BCUT2D eigenvalue weighted by molar-refractivity contribution is 8.10. The highest BCUT2D eigenvalue weighted by atomic mass is 32.2. The number of ether oxygens (including phenoxy) is 2. The molecule has 2 atom stereocenters. The van der Waals surface area contributed by atoms with Gasteiger partial charge < -0.3 is 20.5 Å². The van der Waals surface area contributed by atoms with Crippen molar-refractivity contribution in [1.29, 1.82) is 0 Å². The van der Waals surface area contributed by atoms with E-state index in [-0.39, 0.29) is 34.8 Å². The number of piperidine rings is 2. The molecular weight excluding hydrogens is 512 g/mol. The van der Waals surface area contributed by atoms with E-state index < -0.39 is 29.7 Å². The Labute approximate surface area is 224 Å². The Kier molecular flexibility index (Phi) is 9.99. The van der Waals surface area contributed by atoms with Crippen LogP contribution in [0.1, 0.15) is 46.4 Å². The highest BCUT2D eigenvalue weighted by Gasteiger charge is 2.45. The van der Waals surface area contributed by atoms with E-state index in [0.29, 0.717) is 51.2 Å². The van der Waals surface area contributed by atoms with Gasteiger partial charge in [-0.3, -0.25) is 34.1 Å². The van der Waals surface area contributed by atoms with Crippen LogP contribution >= 0.6 is 10.9 Å². The summed E-state index contributed by atoms with van der Waals surface area (Å²) in [5.74, 6) is 2.08. The van der Waals surface area contributed by atoms with Crippen molar-refractivity contribution in [2.45, 2.75) is 37.8 Å².